The van der Waals surface area contributed by atoms with E-state index in [1.807, 2.05) is 18.7 Å². The van der Waals surface area contributed by atoms with E-state index in [1.54, 1.807) is 0 Å². The van der Waals surface area contributed by atoms with E-state index < -0.39 is 0 Å². The number of thioether (sulfide) groups is 1. The lowest BCUT2D eigenvalue weighted by molar-refractivity contribution is 0.0455. The Bertz CT molecular complexity index is 165. The van der Waals surface area contributed by atoms with Crippen LogP contribution in [0.5, 0.6) is 0 Å². The number of nitrogens with zero attached hydrogens (tertiary/aromatic N) is 1. The van der Waals surface area contributed by atoms with Crippen molar-refractivity contribution >= 4 is 11.8 Å². The topological polar surface area (TPSA) is 45.0 Å². The van der Waals surface area contributed by atoms with Crippen molar-refractivity contribution < 1.29 is 4.74 Å². The molecule has 0 aliphatic carbocycles. The van der Waals surface area contributed by atoms with E-state index in [1.165, 1.54) is 0 Å². The Hall–Kier alpha value is -0.240. The first-order valence-corrected chi connectivity index (χ1v) is 5.24. The van der Waals surface area contributed by atoms with Gasteiger partial charge in [0.25, 0.3) is 0 Å². The average molecular weight is 186 g/mol. The van der Waals surface area contributed by atoms with Crippen molar-refractivity contribution in [1.29, 1.82) is 5.26 Å². The van der Waals surface area contributed by atoms with E-state index in [0.29, 0.717) is 5.25 Å². The largest absolute Gasteiger partial charge is 0.379 e. The molecule has 0 spiro atoms. The molecule has 12 heavy (non-hydrogen) atoms. The zero-order valence-corrected chi connectivity index (χ0v) is 8.06. The van der Waals surface area contributed by atoms with Gasteiger partial charge in [0.05, 0.1) is 24.5 Å². The average Bonchev–Trinajstić information content (AvgIpc) is 2.00. The molecule has 0 radical (unpaired) electrons. The van der Waals surface area contributed by atoms with Crippen molar-refractivity contribution in [3.05, 3.63) is 0 Å². The molecule has 1 fully saturated rings. The van der Waals surface area contributed by atoms with Crippen LogP contribution in [-0.4, -0.2) is 36.8 Å². The Kier molecular flexibility index (Phi) is 4.44. The van der Waals surface area contributed by atoms with Crippen molar-refractivity contribution in [3.63, 3.8) is 0 Å². The molecule has 1 rings (SSSR count). The Morgan fingerprint density at radius 2 is 2.50 bits per heavy atom. The van der Waals surface area contributed by atoms with Crippen molar-refractivity contribution in [2.45, 2.75) is 18.2 Å². The highest BCUT2D eigenvalue weighted by molar-refractivity contribution is 8.00. The molecular formula is C8H14N2OS. The van der Waals surface area contributed by atoms with Gasteiger partial charge in [-0.15, -0.1) is 0 Å². The van der Waals surface area contributed by atoms with Crippen LogP contribution in [0.1, 0.15) is 6.92 Å². The first kappa shape index (κ1) is 9.85. The highest BCUT2D eigenvalue weighted by Gasteiger charge is 2.20. The summed E-state index contributed by atoms with van der Waals surface area (Å²) in [6.45, 7) is 4.59. The van der Waals surface area contributed by atoms with Crippen molar-refractivity contribution in [1.82, 2.24) is 5.32 Å². The number of hydrogen-bond donors (Lipinski definition) is 1. The van der Waals surface area contributed by atoms with E-state index in [9.17, 15) is 0 Å². The maximum atomic E-state index is 8.70. The Balaban J connectivity index is 2.06. The van der Waals surface area contributed by atoms with E-state index in [4.69, 9.17) is 10.00 Å². The lowest BCUT2D eigenvalue weighted by atomic mass is 10.4. The van der Waals surface area contributed by atoms with E-state index in [0.717, 1.165) is 25.5 Å². The standard InChI is InChI=1S/C8H14N2OS/c1-2-10-7(3-9)6-12-8-4-11-5-8/h7-8,10H,2,4-6H2,1H3. The van der Waals surface area contributed by atoms with Crippen molar-refractivity contribution in [2.75, 3.05) is 25.5 Å². The molecular weight excluding hydrogens is 172 g/mol. The number of rotatable bonds is 5. The molecule has 0 saturated carbocycles. The smallest absolute Gasteiger partial charge is 0.104 e. The molecule has 0 aromatic heterocycles. The van der Waals surface area contributed by atoms with Crippen LogP contribution in [0.2, 0.25) is 0 Å². The van der Waals surface area contributed by atoms with Crippen LogP contribution in [0.25, 0.3) is 0 Å². The maximum absolute atomic E-state index is 8.70. The molecule has 1 heterocycles. The summed E-state index contributed by atoms with van der Waals surface area (Å²) < 4.78 is 5.04. The summed E-state index contributed by atoms with van der Waals surface area (Å²) >= 11 is 1.83. The lowest BCUT2D eigenvalue weighted by Gasteiger charge is -2.26. The van der Waals surface area contributed by atoms with Gasteiger partial charge < -0.3 is 10.1 Å². The van der Waals surface area contributed by atoms with E-state index >= 15 is 0 Å². The third-order valence-corrected chi connectivity index (χ3v) is 2.98. The SMILES string of the molecule is CCNC(C#N)CSC1COC1. The summed E-state index contributed by atoms with van der Waals surface area (Å²) in [5, 5.41) is 12.4. The minimum absolute atomic E-state index is 0.000556. The molecule has 0 aromatic rings. The molecule has 68 valence electrons. The summed E-state index contributed by atoms with van der Waals surface area (Å²) in [5.74, 6) is 0.873. The van der Waals surface area contributed by atoms with Gasteiger partial charge >= 0.3 is 0 Å². The monoisotopic (exact) mass is 186 g/mol. The molecule has 3 nitrogen and oxygen atoms in total. The van der Waals surface area contributed by atoms with Gasteiger partial charge in [0.1, 0.15) is 6.04 Å². The first-order valence-electron chi connectivity index (χ1n) is 4.19. The van der Waals surface area contributed by atoms with Crippen molar-refractivity contribution in [2.24, 2.45) is 0 Å². The zero-order chi connectivity index (χ0) is 8.81. The number of nitriles is 1. The fourth-order valence-corrected chi connectivity index (χ4v) is 1.97. The molecule has 1 saturated heterocycles. The van der Waals surface area contributed by atoms with Crippen LogP contribution < -0.4 is 5.32 Å². The van der Waals surface area contributed by atoms with Crippen LogP contribution in [-0.2, 0) is 4.74 Å². The molecule has 0 aromatic carbocycles. The van der Waals surface area contributed by atoms with Gasteiger partial charge in [-0.05, 0) is 6.54 Å². The van der Waals surface area contributed by atoms with Gasteiger partial charge in [0, 0.05) is 5.75 Å². The summed E-state index contributed by atoms with van der Waals surface area (Å²) in [4.78, 5) is 0. The fraction of sp³-hybridized carbons (Fsp3) is 0.875. The fourth-order valence-electron chi connectivity index (χ4n) is 0.931. The summed E-state index contributed by atoms with van der Waals surface area (Å²) in [6, 6.07) is 2.23. The molecule has 1 N–H and O–H groups in total. The number of hydrogen-bond acceptors (Lipinski definition) is 4. The Labute approximate surface area is 77.5 Å². The van der Waals surface area contributed by atoms with Gasteiger partial charge in [0.2, 0.25) is 0 Å². The van der Waals surface area contributed by atoms with Gasteiger partial charge in [-0.2, -0.15) is 17.0 Å². The van der Waals surface area contributed by atoms with Gasteiger partial charge in [-0.25, -0.2) is 0 Å². The maximum Gasteiger partial charge on any atom is 0.104 e. The lowest BCUT2D eigenvalue weighted by Crippen LogP contribution is -2.35. The van der Waals surface area contributed by atoms with E-state index in [2.05, 4.69) is 11.4 Å². The second kappa shape index (κ2) is 5.41. The minimum atomic E-state index is 0.000556. The highest BCUT2D eigenvalue weighted by atomic mass is 32.2. The zero-order valence-electron chi connectivity index (χ0n) is 7.25. The normalized spacial score (nSPS) is 19.7. The van der Waals surface area contributed by atoms with Crippen LogP contribution in [0, 0.1) is 11.3 Å². The quantitative estimate of drug-likeness (QED) is 0.683. The van der Waals surface area contributed by atoms with Crippen molar-refractivity contribution in [3.8, 4) is 6.07 Å². The summed E-state index contributed by atoms with van der Waals surface area (Å²) in [7, 11) is 0. The minimum Gasteiger partial charge on any atom is -0.379 e. The molecule has 0 bridgehead atoms. The van der Waals surface area contributed by atoms with Crippen LogP contribution in [0.3, 0.4) is 0 Å². The predicted molar refractivity (Wildman–Crippen MR) is 50.1 cm³/mol. The summed E-state index contributed by atoms with van der Waals surface area (Å²) in [5.41, 5.74) is 0. The third-order valence-electron chi connectivity index (χ3n) is 1.71. The molecule has 1 atom stereocenters. The molecule has 1 unspecified atom stereocenters. The highest BCUT2D eigenvalue weighted by Crippen LogP contribution is 2.19. The van der Waals surface area contributed by atoms with Crippen LogP contribution in [0.15, 0.2) is 0 Å². The van der Waals surface area contributed by atoms with Crippen LogP contribution in [0.4, 0.5) is 0 Å². The van der Waals surface area contributed by atoms with Gasteiger partial charge in [-0.3, -0.25) is 0 Å². The predicted octanol–water partition coefficient (Wildman–Crippen LogP) is 0.620. The third kappa shape index (κ3) is 3.02. The summed E-state index contributed by atoms with van der Waals surface area (Å²) in [6.07, 6.45) is 0. The Morgan fingerprint density at radius 3 is 2.92 bits per heavy atom. The molecule has 0 amide bonds. The second-order valence-electron chi connectivity index (χ2n) is 2.73. The van der Waals surface area contributed by atoms with Gasteiger partial charge in [0.15, 0.2) is 0 Å². The van der Waals surface area contributed by atoms with Gasteiger partial charge in [-0.1, -0.05) is 6.92 Å². The number of ether oxygens (including phenoxy) is 1. The van der Waals surface area contributed by atoms with E-state index in [-0.39, 0.29) is 6.04 Å². The second-order valence-corrected chi connectivity index (χ2v) is 4.07. The molecule has 4 heteroatoms. The molecule has 1 aliphatic rings. The molecule has 1 aliphatic heterocycles. The number of nitrogens with one attached hydrogen (secondary N) is 1. The van der Waals surface area contributed by atoms with Crippen LogP contribution >= 0.6 is 11.8 Å². The Morgan fingerprint density at radius 1 is 1.75 bits per heavy atom. The first-order chi connectivity index (χ1) is 5.86.